The van der Waals surface area contributed by atoms with Crippen LogP contribution in [0.4, 0.5) is 15.8 Å². The maximum absolute atomic E-state index is 13.8. The molecule has 0 fully saturated rings. The number of aliphatic hydroxyl groups is 1. The highest BCUT2D eigenvalue weighted by molar-refractivity contribution is 5.59. The zero-order valence-electron chi connectivity index (χ0n) is 11.0. The van der Waals surface area contributed by atoms with Crippen LogP contribution in [0.5, 0.6) is 5.75 Å². The standard InChI is InChI=1S/C12H17FN2O4/c1-7(6-16)8(2)14-10-5-12(19-3)11(15(17)18)4-9(10)13/h4-5,7-8,14,16H,6H2,1-3H3. The summed E-state index contributed by atoms with van der Waals surface area (Å²) in [5.74, 6) is -0.831. The Morgan fingerprint density at radius 3 is 2.63 bits per heavy atom. The quantitative estimate of drug-likeness (QED) is 0.612. The molecule has 0 saturated heterocycles. The number of rotatable bonds is 6. The zero-order chi connectivity index (χ0) is 14.6. The lowest BCUT2D eigenvalue weighted by atomic mass is 10.0. The van der Waals surface area contributed by atoms with Crippen LogP contribution in [0.25, 0.3) is 0 Å². The molecular formula is C12H17FN2O4. The summed E-state index contributed by atoms with van der Waals surface area (Å²) in [4.78, 5) is 10.0. The number of aliphatic hydroxyl groups excluding tert-OH is 1. The Labute approximate surface area is 110 Å². The van der Waals surface area contributed by atoms with Gasteiger partial charge in [-0.3, -0.25) is 10.1 Å². The molecule has 1 aromatic rings. The van der Waals surface area contributed by atoms with E-state index in [9.17, 15) is 14.5 Å². The molecule has 1 rings (SSSR count). The molecule has 0 aliphatic carbocycles. The fraction of sp³-hybridized carbons (Fsp3) is 0.500. The van der Waals surface area contributed by atoms with Gasteiger partial charge in [0.05, 0.1) is 23.8 Å². The third kappa shape index (κ3) is 3.54. The lowest BCUT2D eigenvalue weighted by Crippen LogP contribution is -2.26. The minimum absolute atomic E-state index is 0.0160. The fourth-order valence-corrected chi connectivity index (χ4v) is 1.51. The Morgan fingerprint density at radius 2 is 2.16 bits per heavy atom. The van der Waals surface area contributed by atoms with Crippen LogP contribution in [0, 0.1) is 21.8 Å². The summed E-state index contributed by atoms with van der Waals surface area (Å²) < 4.78 is 18.6. The Kier molecular flexibility index (Phi) is 5.05. The second-order valence-corrected chi connectivity index (χ2v) is 4.35. The van der Waals surface area contributed by atoms with Crippen LogP contribution in [0.1, 0.15) is 13.8 Å². The Morgan fingerprint density at radius 1 is 1.53 bits per heavy atom. The Balaban J connectivity index is 3.06. The highest BCUT2D eigenvalue weighted by atomic mass is 19.1. The van der Waals surface area contributed by atoms with Gasteiger partial charge in [0, 0.05) is 18.7 Å². The molecule has 0 radical (unpaired) electrons. The molecule has 19 heavy (non-hydrogen) atoms. The van der Waals surface area contributed by atoms with E-state index in [1.165, 1.54) is 13.2 Å². The van der Waals surface area contributed by atoms with E-state index < -0.39 is 16.4 Å². The van der Waals surface area contributed by atoms with Crippen LogP contribution in [0.15, 0.2) is 12.1 Å². The van der Waals surface area contributed by atoms with Crippen LogP contribution in [-0.2, 0) is 0 Å². The molecule has 0 aromatic heterocycles. The van der Waals surface area contributed by atoms with Gasteiger partial charge in [-0.25, -0.2) is 4.39 Å². The van der Waals surface area contributed by atoms with Crippen LogP contribution in [0.3, 0.4) is 0 Å². The zero-order valence-corrected chi connectivity index (χ0v) is 11.0. The van der Waals surface area contributed by atoms with Crippen molar-refractivity contribution in [3.8, 4) is 5.75 Å². The van der Waals surface area contributed by atoms with Gasteiger partial charge in [0.2, 0.25) is 0 Å². The van der Waals surface area contributed by atoms with Crippen molar-refractivity contribution in [1.82, 2.24) is 0 Å². The first-order chi connectivity index (χ1) is 8.90. The minimum atomic E-state index is -0.732. The summed E-state index contributed by atoms with van der Waals surface area (Å²) >= 11 is 0. The molecule has 7 heteroatoms. The molecule has 2 unspecified atom stereocenters. The molecule has 0 aliphatic heterocycles. The molecule has 0 amide bonds. The van der Waals surface area contributed by atoms with Crippen molar-refractivity contribution >= 4 is 11.4 Å². The van der Waals surface area contributed by atoms with Gasteiger partial charge in [-0.05, 0) is 12.8 Å². The summed E-state index contributed by atoms with van der Waals surface area (Å²) in [6, 6.07) is 1.87. The SMILES string of the molecule is COc1cc(NC(C)C(C)CO)c(F)cc1[N+](=O)[O-]. The monoisotopic (exact) mass is 272 g/mol. The van der Waals surface area contributed by atoms with Gasteiger partial charge in [-0.2, -0.15) is 0 Å². The summed E-state index contributed by atoms with van der Waals surface area (Å²) in [7, 11) is 1.28. The van der Waals surface area contributed by atoms with E-state index in [4.69, 9.17) is 9.84 Å². The van der Waals surface area contributed by atoms with E-state index in [1.807, 2.05) is 0 Å². The van der Waals surface area contributed by atoms with Crippen molar-refractivity contribution in [1.29, 1.82) is 0 Å². The van der Waals surface area contributed by atoms with Crippen molar-refractivity contribution in [2.75, 3.05) is 19.0 Å². The smallest absolute Gasteiger partial charge is 0.313 e. The van der Waals surface area contributed by atoms with Gasteiger partial charge in [-0.1, -0.05) is 6.92 Å². The molecule has 2 N–H and O–H groups in total. The molecule has 106 valence electrons. The largest absolute Gasteiger partial charge is 0.490 e. The molecule has 0 saturated carbocycles. The molecule has 6 nitrogen and oxygen atoms in total. The molecule has 1 aromatic carbocycles. The number of nitro groups is 1. The third-order valence-corrected chi connectivity index (χ3v) is 2.99. The van der Waals surface area contributed by atoms with Crippen molar-refractivity contribution in [2.45, 2.75) is 19.9 Å². The molecule has 0 aliphatic rings. The average molecular weight is 272 g/mol. The Hall–Kier alpha value is -1.89. The molecule has 0 heterocycles. The summed E-state index contributed by atoms with van der Waals surface area (Å²) in [5.41, 5.74) is -0.316. The van der Waals surface area contributed by atoms with Crippen LogP contribution in [-0.4, -0.2) is 29.8 Å². The number of nitrogens with one attached hydrogen (secondary N) is 1. The second-order valence-electron chi connectivity index (χ2n) is 4.35. The van der Waals surface area contributed by atoms with E-state index in [1.54, 1.807) is 13.8 Å². The number of ether oxygens (including phenoxy) is 1. The normalized spacial score (nSPS) is 13.7. The van der Waals surface area contributed by atoms with E-state index in [0.29, 0.717) is 0 Å². The predicted molar refractivity (Wildman–Crippen MR) is 68.9 cm³/mol. The van der Waals surface area contributed by atoms with Gasteiger partial charge in [0.25, 0.3) is 0 Å². The number of hydrogen-bond acceptors (Lipinski definition) is 5. The van der Waals surface area contributed by atoms with Crippen molar-refractivity contribution in [2.24, 2.45) is 5.92 Å². The van der Waals surface area contributed by atoms with E-state index in [0.717, 1.165) is 6.07 Å². The Bertz CT molecular complexity index is 467. The van der Waals surface area contributed by atoms with Crippen LogP contribution in [0.2, 0.25) is 0 Å². The van der Waals surface area contributed by atoms with Crippen molar-refractivity contribution in [3.05, 3.63) is 28.1 Å². The topological polar surface area (TPSA) is 84.6 Å². The number of benzene rings is 1. The third-order valence-electron chi connectivity index (χ3n) is 2.99. The van der Waals surface area contributed by atoms with E-state index >= 15 is 0 Å². The van der Waals surface area contributed by atoms with Crippen molar-refractivity contribution in [3.63, 3.8) is 0 Å². The van der Waals surface area contributed by atoms with Gasteiger partial charge in [-0.15, -0.1) is 0 Å². The van der Waals surface area contributed by atoms with Gasteiger partial charge in [0.15, 0.2) is 11.6 Å². The highest BCUT2D eigenvalue weighted by Crippen LogP contribution is 2.32. The number of hydrogen-bond donors (Lipinski definition) is 2. The van der Waals surface area contributed by atoms with Crippen molar-refractivity contribution < 1.29 is 19.2 Å². The first kappa shape index (κ1) is 15.2. The van der Waals surface area contributed by atoms with Gasteiger partial charge >= 0.3 is 5.69 Å². The maximum atomic E-state index is 13.8. The number of methoxy groups -OCH3 is 1. The first-order valence-electron chi connectivity index (χ1n) is 5.80. The average Bonchev–Trinajstić information content (AvgIpc) is 2.39. The molecular weight excluding hydrogens is 255 g/mol. The van der Waals surface area contributed by atoms with Crippen LogP contribution < -0.4 is 10.1 Å². The second kappa shape index (κ2) is 6.33. The summed E-state index contributed by atoms with van der Waals surface area (Å²) in [6.07, 6.45) is 0. The lowest BCUT2D eigenvalue weighted by Gasteiger charge is -2.21. The number of anilines is 1. The summed E-state index contributed by atoms with van der Waals surface area (Å²) in [6.45, 7) is 3.55. The number of halogens is 1. The van der Waals surface area contributed by atoms with Gasteiger partial charge < -0.3 is 15.2 Å². The minimum Gasteiger partial charge on any atom is -0.490 e. The highest BCUT2D eigenvalue weighted by Gasteiger charge is 2.21. The number of nitrogens with zero attached hydrogens (tertiary/aromatic N) is 1. The fourth-order valence-electron chi connectivity index (χ4n) is 1.51. The molecule has 0 bridgehead atoms. The van der Waals surface area contributed by atoms with Crippen LogP contribution >= 0.6 is 0 Å². The molecule has 2 atom stereocenters. The van der Waals surface area contributed by atoms with E-state index in [-0.39, 0.29) is 30.0 Å². The summed E-state index contributed by atoms with van der Waals surface area (Å²) in [5, 5.41) is 22.6. The molecule has 0 spiro atoms. The predicted octanol–water partition coefficient (Wildman–Crippen LogP) is 2.17. The lowest BCUT2D eigenvalue weighted by molar-refractivity contribution is -0.385. The maximum Gasteiger partial charge on any atom is 0.313 e. The van der Waals surface area contributed by atoms with E-state index in [2.05, 4.69) is 5.32 Å². The number of nitro benzene ring substituents is 1. The van der Waals surface area contributed by atoms with Gasteiger partial charge in [0.1, 0.15) is 0 Å². The first-order valence-corrected chi connectivity index (χ1v) is 5.80.